The van der Waals surface area contributed by atoms with Crippen LogP contribution in [0.4, 0.5) is 8.78 Å². The average molecular weight is 313 g/mol. The molecular formula is C15H17F2NO4. The summed E-state index contributed by atoms with van der Waals surface area (Å²) >= 11 is 0. The van der Waals surface area contributed by atoms with Crippen LogP contribution in [0.1, 0.15) is 22.8 Å². The molecule has 0 spiro atoms. The fourth-order valence-corrected chi connectivity index (χ4v) is 2.12. The van der Waals surface area contributed by atoms with Crippen molar-refractivity contribution < 1.29 is 27.8 Å². The number of esters is 1. The SMILES string of the molecule is CCOC(=O)c1ccc(C(F)(F)C(=O)N2CCOCC2)cc1. The predicted molar refractivity (Wildman–Crippen MR) is 73.7 cm³/mol. The molecule has 0 unspecified atom stereocenters. The first-order chi connectivity index (χ1) is 10.5. The molecule has 120 valence electrons. The number of hydrogen-bond donors (Lipinski definition) is 0. The molecule has 0 saturated carbocycles. The number of ether oxygens (including phenoxy) is 2. The highest BCUT2D eigenvalue weighted by Gasteiger charge is 2.44. The van der Waals surface area contributed by atoms with Gasteiger partial charge in [0.25, 0.3) is 5.91 Å². The summed E-state index contributed by atoms with van der Waals surface area (Å²) in [5.41, 5.74) is -0.280. The highest BCUT2D eigenvalue weighted by molar-refractivity contribution is 5.90. The lowest BCUT2D eigenvalue weighted by Crippen LogP contribution is -2.47. The van der Waals surface area contributed by atoms with Gasteiger partial charge in [0.15, 0.2) is 0 Å². The van der Waals surface area contributed by atoms with E-state index in [-0.39, 0.29) is 38.5 Å². The van der Waals surface area contributed by atoms with E-state index >= 15 is 0 Å². The zero-order valence-electron chi connectivity index (χ0n) is 12.2. The zero-order chi connectivity index (χ0) is 16.2. The van der Waals surface area contributed by atoms with E-state index in [0.717, 1.165) is 17.0 Å². The summed E-state index contributed by atoms with van der Waals surface area (Å²) in [6.07, 6.45) is 0. The third-order valence-corrected chi connectivity index (χ3v) is 3.33. The Morgan fingerprint density at radius 1 is 1.23 bits per heavy atom. The maximum absolute atomic E-state index is 14.3. The summed E-state index contributed by atoms with van der Waals surface area (Å²) in [5.74, 6) is -5.47. The summed E-state index contributed by atoms with van der Waals surface area (Å²) in [4.78, 5) is 24.5. The molecule has 2 rings (SSSR count). The van der Waals surface area contributed by atoms with E-state index in [0.29, 0.717) is 0 Å². The maximum atomic E-state index is 14.3. The highest BCUT2D eigenvalue weighted by atomic mass is 19.3. The van der Waals surface area contributed by atoms with Gasteiger partial charge in [-0.1, -0.05) is 12.1 Å². The molecule has 1 aromatic carbocycles. The molecule has 1 fully saturated rings. The van der Waals surface area contributed by atoms with Crippen LogP contribution in [0, 0.1) is 0 Å². The largest absolute Gasteiger partial charge is 0.462 e. The Morgan fingerprint density at radius 3 is 2.36 bits per heavy atom. The molecule has 5 nitrogen and oxygen atoms in total. The first kappa shape index (κ1) is 16.4. The molecule has 0 aliphatic carbocycles. The van der Waals surface area contributed by atoms with E-state index in [1.165, 1.54) is 12.1 Å². The number of rotatable bonds is 4. The Kier molecular flexibility index (Phi) is 5.07. The number of hydrogen-bond acceptors (Lipinski definition) is 4. The average Bonchev–Trinajstić information content (AvgIpc) is 2.55. The van der Waals surface area contributed by atoms with E-state index in [2.05, 4.69) is 0 Å². The summed E-state index contributed by atoms with van der Waals surface area (Å²) < 4.78 is 38.4. The van der Waals surface area contributed by atoms with Crippen LogP contribution in [0.3, 0.4) is 0 Å². The van der Waals surface area contributed by atoms with Crippen molar-refractivity contribution in [1.29, 1.82) is 0 Å². The number of morpholine rings is 1. The van der Waals surface area contributed by atoms with Crippen molar-refractivity contribution in [2.75, 3.05) is 32.9 Å². The van der Waals surface area contributed by atoms with Gasteiger partial charge in [-0.25, -0.2) is 4.79 Å². The Labute approximate surface area is 126 Å². The van der Waals surface area contributed by atoms with Crippen LogP contribution in [0.25, 0.3) is 0 Å². The summed E-state index contributed by atoms with van der Waals surface area (Å²) in [6.45, 7) is 2.66. The number of carbonyl (C=O) groups is 2. The van der Waals surface area contributed by atoms with Gasteiger partial charge in [-0.2, -0.15) is 8.78 Å². The lowest BCUT2D eigenvalue weighted by atomic mass is 10.0. The molecule has 0 radical (unpaired) electrons. The van der Waals surface area contributed by atoms with Crippen LogP contribution in [-0.4, -0.2) is 49.7 Å². The minimum Gasteiger partial charge on any atom is -0.462 e. The zero-order valence-corrected chi connectivity index (χ0v) is 12.2. The fourth-order valence-electron chi connectivity index (χ4n) is 2.12. The molecule has 1 aromatic rings. The molecule has 7 heteroatoms. The maximum Gasteiger partial charge on any atom is 0.349 e. The van der Waals surface area contributed by atoms with Crippen LogP contribution in [-0.2, 0) is 20.2 Å². The molecule has 1 aliphatic heterocycles. The highest BCUT2D eigenvalue weighted by Crippen LogP contribution is 2.30. The first-order valence-electron chi connectivity index (χ1n) is 6.99. The second-order valence-electron chi connectivity index (χ2n) is 4.78. The molecule has 0 aromatic heterocycles. The van der Waals surface area contributed by atoms with Crippen LogP contribution in [0.5, 0.6) is 0 Å². The van der Waals surface area contributed by atoms with E-state index in [4.69, 9.17) is 9.47 Å². The Hall–Kier alpha value is -2.02. The van der Waals surface area contributed by atoms with Crippen molar-refractivity contribution in [3.8, 4) is 0 Å². The minimum absolute atomic E-state index is 0.148. The number of halogens is 2. The lowest BCUT2D eigenvalue weighted by Gasteiger charge is -2.30. The van der Waals surface area contributed by atoms with E-state index in [1.54, 1.807) is 6.92 Å². The summed E-state index contributed by atoms with van der Waals surface area (Å²) in [5, 5.41) is 0. The number of carbonyl (C=O) groups excluding carboxylic acids is 2. The van der Waals surface area contributed by atoms with Crippen molar-refractivity contribution in [2.45, 2.75) is 12.8 Å². The standard InChI is InChI=1S/C15H17F2NO4/c1-2-22-13(19)11-3-5-12(6-4-11)15(16,17)14(20)18-7-9-21-10-8-18/h3-6H,2,7-10H2,1H3. The monoisotopic (exact) mass is 313 g/mol. The van der Waals surface area contributed by atoms with Crippen molar-refractivity contribution in [3.63, 3.8) is 0 Å². The molecule has 1 amide bonds. The van der Waals surface area contributed by atoms with Crippen LogP contribution >= 0.6 is 0 Å². The quantitative estimate of drug-likeness (QED) is 0.796. The minimum atomic E-state index is -3.63. The first-order valence-corrected chi connectivity index (χ1v) is 6.99. The van der Waals surface area contributed by atoms with Crippen LogP contribution < -0.4 is 0 Å². The third kappa shape index (κ3) is 3.41. The van der Waals surface area contributed by atoms with Gasteiger partial charge < -0.3 is 14.4 Å². The van der Waals surface area contributed by atoms with Crippen LogP contribution in [0.2, 0.25) is 0 Å². The normalized spacial score (nSPS) is 15.5. The van der Waals surface area contributed by atoms with Gasteiger partial charge in [0.2, 0.25) is 0 Å². The summed E-state index contributed by atoms with van der Waals surface area (Å²) in [6, 6.07) is 4.61. The smallest absolute Gasteiger partial charge is 0.349 e. The fraction of sp³-hybridized carbons (Fsp3) is 0.467. The Bertz CT molecular complexity index is 539. The van der Waals surface area contributed by atoms with Crippen molar-refractivity contribution in [1.82, 2.24) is 4.90 Å². The molecule has 0 bridgehead atoms. The second kappa shape index (κ2) is 6.83. The molecule has 1 saturated heterocycles. The summed E-state index contributed by atoms with van der Waals surface area (Å²) in [7, 11) is 0. The van der Waals surface area contributed by atoms with Gasteiger partial charge >= 0.3 is 11.9 Å². The predicted octanol–water partition coefficient (Wildman–Crippen LogP) is 1.81. The van der Waals surface area contributed by atoms with Crippen molar-refractivity contribution in [3.05, 3.63) is 35.4 Å². The topological polar surface area (TPSA) is 55.8 Å². The molecule has 0 N–H and O–H groups in total. The van der Waals surface area contributed by atoms with Gasteiger partial charge in [-0.3, -0.25) is 4.79 Å². The molecule has 1 heterocycles. The van der Waals surface area contributed by atoms with Crippen LogP contribution in [0.15, 0.2) is 24.3 Å². The number of amides is 1. The van der Waals surface area contributed by atoms with Gasteiger partial charge in [-0.15, -0.1) is 0 Å². The molecule has 0 atom stereocenters. The molecule has 1 aliphatic rings. The van der Waals surface area contributed by atoms with E-state index in [1.807, 2.05) is 0 Å². The van der Waals surface area contributed by atoms with Gasteiger partial charge in [0.05, 0.1) is 25.4 Å². The van der Waals surface area contributed by atoms with Crippen molar-refractivity contribution >= 4 is 11.9 Å². The van der Waals surface area contributed by atoms with Crippen molar-refractivity contribution in [2.24, 2.45) is 0 Å². The Morgan fingerprint density at radius 2 is 1.82 bits per heavy atom. The number of nitrogens with zero attached hydrogens (tertiary/aromatic N) is 1. The lowest BCUT2D eigenvalue weighted by molar-refractivity contribution is -0.163. The van der Waals surface area contributed by atoms with Gasteiger partial charge in [-0.05, 0) is 19.1 Å². The molecule has 22 heavy (non-hydrogen) atoms. The number of benzene rings is 1. The second-order valence-corrected chi connectivity index (χ2v) is 4.78. The third-order valence-electron chi connectivity index (χ3n) is 3.33. The number of alkyl halides is 2. The molecular weight excluding hydrogens is 296 g/mol. The van der Waals surface area contributed by atoms with Gasteiger partial charge in [0, 0.05) is 18.7 Å². The van der Waals surface area contributed by atoms with Gasteiger partial charge in [0.1, 0.15) is 0 Å². The Balaban J connectivity index is 2.14. The van der Waals surface area contributed by atoms with E-state index in [9.17, 15) is 18.4 Å². The van der Waals surface area contributed by atoms with E-state index < -0.39 is 23.4 Å².